The zero-order chi connectivity index (χ0) is 24.6. The lowest BCUT2D eigenvalue weighted by Crippen LogP contribution is -2.50. The number of nitrogens with zero attached hydrogens (tertiary/aromatic N) is 1. The van der Waals surface area contributed by atoms with Crippen molar-refractivity contribution >= 4 is 29.5 Å². The fourth-order valence-electron chi connectivity index (χ4n) is 4.19. The van der Waals surface area contributed by atoms with E-state index in [9.17, 15) is 19.5 Å². The number of benzene rings is 1. The van der Waals surface area contributed by atoms with Gasteiger partial charge in [0, 0.05) is 30.1 Å². The summed E-state index contributed by atoms with van der Waals surface area (Å²) in [5.41, 5.74) is -0.911. The lowest BCUT2D eigenvalue weighted by atomic mass is 10.1. The SMILES string of the molecule is CC(C)(C)OC(=O)NCc1ccc(Cl)cc1CNC(=O)[C@@H]1CCCN1C(=O)[C@@]1(O)CC1(C)C. The van der Waals surface area contributed by atoms with Gasteiger partial charge in [-0.05, 0) is 63.3 Å². The van der Waals surface area contributed by atoms with Gasteiger partial charge in [-0.15, -0.1) is 0 Å². The molecule has 9 heteroatoms. The summed E-state index contributed by atoms with van der Waals surface area (Å²) in [5.74, 6) is -0.635. The van der Waals surface area contributed by atoms with Crippen LogP contribution in [0.5, 0.6) is 0 Å². The molecule has 0 aromatic heterocycles. The normalized spacial score (nSPS) is 23.7. The summed E-state index contributed by atoms with van der Waals surface area (Å²) in [6.45, 7) is 9.93. The van der Waals surface area contributed by atoms with Crippen LogP contribution < -0.4 is 10.6 Å². The molecule has 1 aromatic rings. The number of amides is 3. The zero-order valence-corrected chi connectivity index (χ0v) is 20.7. The molecule has 33 heavy (non-hydrogen) atoms. The summed E-state index contributed by atoms with van der Waals surface area (Å²) >= 11 is 6.15. The van der Waals surface area contributed by atoms with Crippen LogP contribution in [0, 0.1) is 5.41 Å². The summed E-state index contributed by atoms with van der Waals surface area (Å²) in [7, 11) is 0. The van der Waals surface area contributed by atoms with Gasteiger partial charge in [0.1, 0.15) is 17.2 Å². The molecule has 1 aliphatic heterocycles. The molecule has 3 N–H and O–H groups in total. The molecule has 0 unspecified atom stereocenters. The highest BCUT2D eigenvalue weighted by atomic mass is 35.5. The van der Waals surface area contributed by atoms with E-state index in [2.05, 4.69) is 10.6 Å². The Morgan fingerprint density at radius 2 is 1.82 bits per heavy atom. The Morgan fingerprint density at radius 1 is 1.18 bits per heavy atom. The van der Waals surface area contributed by atoms with Gasteiger partial charge in [-0.25, -0.2) is 4.79 Å². The molecule has 1 saturated carbocycles. The second kappa shape index (κ2) is 9.14. The first-order valence-corrected chi connectivity index (χ1v) is 11.7. The molecule has 2 atom stereocenters. The quantitative estimate of drug-likeness (QED) is 0.581. The molecule has 8 nitrogen and oxygen atoms in total. The van der Waals surface area contributed by atoms with Gasteiger partial charge < -0.3 is 25.4 Å². The lowest BCUT2D eigenvalue weighted by Gasteiger charge is -2.27. The van der Waals surface area contributed by atoms with E-state index in [4.69, 9.17) is 16.3 Å². The third-order valence-corrected chi connectivity index (χ3v) is 6.54. The molecule has 182 valence electrons. The highest BCUT2D eigenvalue weighted by Crippen LogP contribution is 2.56. The van der Waals surface area contributed by atoms with Crippen molar-refractivity contribution in [2.45, 2.75) is 84.2 Å². The average molecular weight is 480 g/mol. The maximum absolute atomic E-state index is 13.0. The smallest absolute Gasteiger partial charge is 0.407 e. The van der Waals surface area contributed by atoms with E-state index >= 15 is 0 Å². The molecule has 0 bridgehead atoms. The first-order valence-electron chi connectivity index (χ1n) is 11.3. The van der Waals surface area contributed by atoms with E-state index in [0.717, 1.165) is 11.1 Å². The van der Waals surface area contributed by atoms with Gasteiger partial charge in [0.25, 0.3) is 5.91 Å². The fourth-order valence-corrected chi connectivity index (χ4v) is 4.39. The molecule has 1 aliphatic carbocycles. The van der Waals surface area contributed by atoms with Crippen LogP contribution in [0.15, 0.2) is 18.2 Å². The van der Waals surface area contributed by atoms with Gasteiger partial charge in [0.2, 0.25) is 5.91 Å². The van der Waals surface area contributed by atoms with E-state index in [1.807, 2.05) is 13.8 Å². The Labute approximate surface area is 200 Å². The maximum atomic E-state index is 13.0. The number of carbonyl (C=O) groups is 3. The monoisotopic (exact) mass is 479 g/mol. The molecule has 1 saturated heterocycles. The highest BCUT2D eigenvalue weighted by Gasteiger charge is 2.67. The standard InChI is InChI=1S/C24H34ClN3O5/c1-22(2,3)33-21(31)27-12-15-8-9-17(25)11-16(15)13-26-19(29)18-7-6-10-28(18)20(30)24(32)14-23(24,4)5/h8-9,11,18,32H,6-7,10,12-14H2,1-5H3,(H,26,29)(H,27,31)/t18-,24-/m0/s1. The van der Waals surface area contributed by atoms with Gasteiger partial charge in [-0.3, -0.25) is 9.59 Å². The molecule has 1 aromatic carbocycles. The van der Waals surface area contributed by atoms with Crippen molar-refractivity contribution in [2.75, 3.05) is 6.54 Å². The third kappa shape index (κ3) is 5.79. The van der Waals surface area contributed by atoms with Gasteiger partial charge in [0.15, 0.2) is 0 Å². The number of ether oxygens (including phenoxy) is 1. The molecular formula is C24H34ClN3O5. The maximum Gasteiger partial charge on any atom is 0.407 e. The minimum atomic E-state index is -1.39. The number of likely N-dealkylation sites (tertiary alicyclic amines) is 1. The van der Waals surface area contributed by atoms with Gasteiger partial charge >= 0.3 is 6.09 Å². The van der Waals surface area contributed by atoms with Crippen LogP contribution in [0.3, 0.4) is 0 Å². The number of hydrogen-bond donors (Lipinski definition) is 3. The Bertz CT molecular complexity index is 943. The van der Waals surface area contributed by atoms with Crippen molar-refractivity contribution in [3.05, 3.63) is 34.3 Å². The number of halogens is 1. The van der Waals surface area contributed by atoms with Crippen LogP contribution in [0.4, 0.5) is 4.79 Å². The topological polar surface area (TPSA) is 108 Å². The highest BCUT2D eigenvalue weighted by molar-refractivity contribution is 6.30. The van der Waals surface area contributed by atoms with Crippen LogP contribution >= 0.6 is 11.6 Å². The molecular weight excluding hydrogens is 446 g/mol. The summed E-state index contributed by atoms with van der Waals surface area (Å²) in [6, 6.07) is 4.63. The van der Waals surface area contributed by atoms with Crippen molar-refractivity contribution in [2.24, 2.45) is 5.41 Å². The second-order valence-electron chi connectivity index (χ2n) is 10.6. The van der Waals surface area contributed by atoms with Crippen LogP contribution in [-0.4, -0.2) is 51.7 Å². The van der Waals surface area contributed by atoms with Gasteiger partial charge in [-0.2, -0.15) is 0 Å². The van der Waals surface area contributed by atoms with Gasteiger partial charge in [0.05, 0.1) is 0 Å². The van der Waals surface area contributed by atoms with Crippen LogP contribution in [0.2, 0.25) is 5.02 Å². The second-order valence-corrected chi connectivity index (χ2v) is 11.0. The molecule has 2 aliphatic rings. The van der Waals surface area contributed by atoms with Gasteiger partial charge in [-0.1, -0.05) is 31.5 Å². The minimum Gasteiger partial charge on any atom is -0.444 e. The summed E-state index contributed by atoms with van der Waals surface area (Å²) in [6.07, 6.45) is 1.13. The fraction of sp³-hybridized carbons (Fsp3) is 0.625. The van der Waals surface area contributed by atoms with Crippen LogP contribution in [0.1, 0.15) is 65.0 Å². The molecule has 3 amide bonds. The molecule has 2 fully saturated rings. The summed E-state index contributed by atoms with van der Waals surface area (Å²) in [4.78, 5) is 39.4. The molecule has 1 heterocycles. The van der Waals surface area contributed by atoms with E-state index < -0.39 is 28.8 Å². The average Bonchev–Trinajstić information content (AvgIpc) is 3.05. The first-order chi connectivity index (χ1) is 15.2. The predicted molar refractivity (Wildman–Crippen MR) is 124 cm³/mol. The Balaban J connectivity index is 1.62. The van der Waals surface area contributed by atoms with Crippen LogP contribution in [0.25, 0.3) is 0 Å². The number of rotatable bonds is 6. The van der Waals surface area contributed by atoms with Crippen molar-refractivity contribution in [3.8, 4) is 0 Å². The van der Waals surface area contributed by atoms with E-state index in [-0.39, 0.29) is 24.9 Å². The predicted octanol–water partition coefficient (Wildman–Crippen LogP) is 3.13. The molecule has 0 spiro atoms. The third-order valence-electron chi connectivity index (χ3n) is 6.31. The number of nitrogens with one attached hydrogen (secondary N) is 2. The minimum absolute atomic E-state index is 0.193. The van der Waals surface area contributed by atoms with Crippen molar-refractivity contribution in [1.29, 1.82) is 0 Å². The van der Waals surface area contributed by atoms with E-state index in [1.165, 1.54) is 4.90 Å². The van der Waals surface area contributed by atoms with Crippen LogP contribution in [-0.2, 0) is 27.4 Å². The van der Waals surface area contributed by atoms with E-state index in [0.29, 0.717) is 30.8 Å². The zero-order valence-electron chi connectivity index (χ0n) is 20.0. The lowest BCUT2D eigenvalue weighted by molar-refractivity contribution is -0.149. The largest absolute Gasteiger partial charge is 0.444 e. The van der Waals surface area contributed by atoms with Crippen molar-refractivity contribution < 1.29 is 24.2 Å². The number of alkyl carbamates (subject to hydrolysis) is 1. The van der Waals surface area contributed by atoms with Crippen molar-refractivity contribution in [1.82, 2.24) is 15.5 Å². The summed E-state index contributed by atoms with van der Waals surface area (Å²) in [5, 5.41) is 16.8. The summed E-state index contributed by atoms with van der Waals surface area (Å²) < 4.78 is 5.27. The van der Waals surface area contributed by atoms with E-state index in [1.54, 1.807) is 39.0 Å². The number of aliphatic hydroxyl groups is 1. The Morgan fingerprint density at radius 3 is 2.42 bits per heavy atom. The Kier molecular flexibility index (Phi) is 7.01. The first kappa shape index (κ1) is 25.3. The Hall–Kier alpha value is -2.32. The molecule has 3 rings (SSSR count). The molecule has 0 radical (unpaired) electrons. The number of hydrogen-bond acceptors (Lipinski definition) is 5. The van der Waals surface area contributed by atoms with Crippen molar-refractivity contribution in [3.63, 3.8) is 0 Å². The number of carbonyl (C=O) groups excluding carboxylic acids is 3.